The van der Waals surface area contributed by atoms with E-state index in [0.717, 1.165) is 11.4 Å². The highest BCUT2D eigenvalue weighted by molar-refractivity contribution is 5.98. The minimum atomic E-state index is -0.142. The Kier molecular flexibility index (Phi) is 4.76. The number of aromatic nitrogens is 2. The van der Waals surface area contributed by atoms with Gasteiger partial charge in [0.2, 0.25) is 0 Å². The van der Waals surface area contributed by atoms with E-state index in [1.165, 1.54) is 0 Å². The summed E-state index contributed by atoms with van der Waals surface area (Å²) in [6.07, 6.45) is 0. The highest BCUT2D eigenvalue weighted by Crippen LogP contribution is 2.26. The van der Waals surface area contributed by atoms with Crippen LogP contribution in [0.5, 0.6) is 0 Å². The van der Waals surface area contributed by atoms with Gasteiger partial charge in [-0.25, -0.2) is 0 Å². The van der Waals surface area contributed by atoms with Gasteiger partial charge in [-0.15, -0.1) is 0 Å². The molecule has 0 unspecified atom stereocenters. The first-order valence-corrected chi connectivity index (χ1v) is 6.48. The number of carbonyl (C=O) groups excluding carboxylic acids is 1. The fourth-order valence-electron chi connectivity index (χ4n) is 1.70. The second-order valence-corrected chi connectivity index (χ2v) is 5.44. The number of amides is 1. The molecule has 0 spiro atoms. The summed E-state index contributed by atoms with van der Waals surface area (Å²) in [5.74, 6) is 0.149. The molecule has 3 N–H and O–H groups in total. The normalized spacial score (nSPS) is 11.4. The van der Waals surface area contributed by atoms with Crippen molar-refractivity contribution >= 4 is 11.6 Å². The molecule has 1 aromatic rings. The molecule has 0 radical (unpaired) electrons. The van der Waals surface area contributed by atoms with Crippen LogP contribution in [0.4, 0.5) is 5.69 Å². The molecular formula is C13H24N4O. The first kappa shape index (κ1) is 14.5. The van der Waals surface area contributed by atoms with Crippen molar-refractivity contribution < 1.29 is 4.79 Å². The zero-order chi connectivity index (χ0) is 13.9. The monoisotopic (exact) mass is 252 g/mol. The lowest BCUT2D eigenvalue weighted by molar-refractivity contribution is 0.0939. The molecule has 1 heterocycles. The fourth-order valence-corrected chi connectivity index (χ4v) is 1.70. The Labute approximate surface area is 109 Å². The molecule has 1 rings (SSSR count). The molecule has 1 aromatic heterocycles. The molecule has 0 aliphatic heterocycles. The maximum Gasteiger partial charge on any atom is 0.274 e. The van der Waals surface area contributed by atoms with E-state index >= 15 is 0 Å². The van der Waals surface area contributed by atoms with E-state index in [1.54, 1.807) is 0 Å². The molecule has 0 bridgehead atoms. The molecule has 0 aromatic carbocycles. The van der Waals surface area contributed by atoms with Crippen LogP contribution < -0.4 is 10.6 Å². The van der Waals surface area contributed by atoms with E-state index in [4.69, 9.17) is 0 Å². The Morgan fingerprint density at radius 1 is 1.11 bits per heavy atom. The highest BCUT2D eigenvalue weighted by atomic mass is 16.2. The quantitative estimate of drug-likeness (QED) is 0.754. The zero-order valence-corrected chi connectivity index (χ0v) is 12.1. The maximum atomic E-state index is 12.1. The van der Waals surface area contributed by atoms with Gasteiger partial charge in [-0.1, -0.05) is 13.8 Å². The van der Waals surface area contributed by atoms with Crippen LogP contribution in [-0.4, -0.2) is 28.2 Å². The van der Waals surface area contributed by atoms with Crippen LogP contribution >= 0.6 is 0 Å². The van der Waals surface area contributed by atoms with Crippen LogP contribution in [0.3, 0.4) is 0 Å². The van der Waals surface area contributed by atoms with Crippen LogP contribution in [0.25, 0.3) is 0 Å². The summed E-state index contributed by atoms with van der Waals surface area (Å²) in [6, 6.07) is 0.356. The van der Waals surface area contributed by atoms with Gasteiger partial charge in [0.25, 0.3) is 5.91 Å². The van der Waals surface area contributed by atoms with Crippen molar-refractivity contribution in [2.75, 3.05) is 5.32 Å². The van der Waals surface area contributed by atoms with E-state index in [9.17, 15) is 4.79 Å². The Morgan fingerprint density at radius 3 is 2.17 bits per heavy atom. The van der Waals surface area contributed by atoms with E-state index in [2.05, 4.69) is 34.7 Å². The molecule has 5 heteroatoms. The summed E-state index contributed by atoms with van der Waals surface area (Å²) < 4.78 is 0. The SMILES string of the molecule is CC(C)NC(=O)c1n[nH]c(C(C)C)c1NC(C)C. The van der Waals surface area contributed by atoms with Gasteiger partial charge in [0.1, 0.15) is 0 Å². The molecule has 0 atom stereocenters. The number of rotatable bonds is 5. The predicted molar refractivity (Wildman–Crippen MR) is 74.0 cm³/mol. The largest absolute Gasteiger partial charge is 0.379 e. The lowest BCUT2D eigenvalue weighted by Crippen LogP contribution is -2.31. The minimum absolute atomic E-state index is 0.101. The summed E-state index contributed by atoms with van der Waals surface area (Å²) >= 11 is 0. The molecular weight excluding hydrogens is 228 g/mol. The highest BCUT2D eigenvalue weighted by Gasteiger charge is 2.21. The number of aromatic amines is 1. The van der Waals surface area contributed by atoms with Crippen LogP contribution in [-0.2, 0) is 0 Å². The summed E-state index contributed by atoms with van der Waals surface area (Å²) in [4.78, 5) is 12.1. The Morgan fingerprint density at radius 2 is 1.72 bits per heavy atom. The fraction of sp³-hybridized carbons (Fsp3) is 0.692. The van der Waals surface area contributed by atoms with E-state index in [0.29, 0.717) is 11.6 Å². The smallest absolute Gasteiger partial charge is 0.274 e. The third-order valence-corrected chi connectivity index (χ3v) is 2.44. The van der Waals surface area contributed by atoms with Gasteiger partial charge in [-0.3, -0.25) is 9.89 Å². The summed E-state index contributed by atoms with van der Waals surface area (Å²) in [7, 11) is 0. The second-order valence-electron chi connectivity index (χ2n) is 5.44. The summed E-state index contributed by atoms with van der Waals surface area (Å²) in [5, 5.41) is 13.3. The standard InChI is InChI=1S/C13H24N4O/c1-7(2)10-11(14-8(3)4)12(17-16-10)13(18)15-9(5)6/h7-9,14H,1-6H3,(H,15,18)(H,16,17). The lowest BCUT2D eigenvalue weighted by atomic mass is 10.1. The van der Waals surface area contributed by atoms with Gasteiger partial charge in [0.05, 0.1) is 11.4 Å². The topological polar surface area (TPSA) is 69.8 Å². The van der Waals surface area contributed by atoms with Crippen LogP contribution in [0.2, 0.25) is 0 Å². The number of hydrogen-bond acceptors (Lipinski definition) is 3. The van der Waals surface area contributed by atoms with Crippen molar-refractivity contribution in [2.45, 2.75) is 59.5 Å². The Balaban J connectivity index is 3.07. The van der Waals surface area contributed by atoms with Crippen molar-refractivity contribution in [3.05, 3.63) is 11.4 Å². The zero-order valence-electron chi connectivity index (χ0n) is 12.1. The van der Waals surface area contributed by atoms with E-state index in [-0.39, 0.29) is 18.0 Å². The van der Waals surface area contributed by atoms with Crippen molar-refractivity contribution in [3.8, 4) is 0 Å². The first-order chi connectivity index (χ1) is 8.32. The average molecular weight is 252 g/mol. The van der Waals surface area contributed by atoms with Crippen LogP contribution in [0.1, 0.15) is 63.6 Å². The average Bonchev–Trinajstić information content (AvgIpc) is 2.59. The van der Waals surface area contributed by atoms with Crippen molar-refractivity contribution in [3.63, 3.8) is 0 Å². The predicted octanol–water partition coefficient (Wildman–Crippen LogP) is 2.49. The third-order valence-electron chi connectivity index (χ3n) is 2.44. The molecule has 0 fully saturated rings. The number of anilines is 1. The van der Waals surface area contributed by atoms with Crippen molar-refractivity contribution in [1.29, 1.82) is 0 Å². The molecule has 5 nitrogen and oxygen atoms in total. The van der Waals surface area contributed by atoms with Gasteiger partial charge in [0.15, 0.2) is 5.69 Å². The van der Waals surface area contributed by atoms with Crippen molar-refractivity contribution in [1.82, 2.24) is 15.5 Å². The number of H-pyrrole nitrogens is 1. The van der Waals surface area contributed by atoms with Gasteiger partial charge in [0, 0.05) is 12.1 Å². The third kappa shape index (κ3) is 3.48. The Bertz CT molecular complexity index is 407. The van der Waals surface area contributed by atoms with Gasteiger partial charge >= 0.3 is 0 Å². The molecule has 0 saturated carbocycles. The molecule has 102 valence electrons. The van der Waals surface area contributed by atoms with Crippen molar-refractivity contribution in [2.24, 2.45) is 0 Å². The van der Waals surface area contributed by atoms with Crippen LogP contribution in [0.15, 0.2) is 0 Å². The van der Waals surface area contributed by atoms with Gasteiger partial charge in [-0.05, 0) is 33.6 Å². The van der Waals surface area contributed by atoms with Crippen LogP contribution in [0, 0.1) is 0 Å². The number of nitrogens with zero attached hydrogens (tertiary/aromatic N) is 1. The molecule has 0 aliphatic carbocycles. The number of hydrogen-bond donors (Lipinski definition) is 3. The molecule has 18 heavy (non-hydrogen) atoms. The molecule has 0 aliphatic rings. The second kappa shape index (κ2) is 5.89. The number of carbonyl (C=O) groups is 1. The minimum Gasteiger partial charge on any atom is -0.379 e. The first-order valence-electron chi connectivity index (χ1n) is 6.48. The van der Waals surface area contributed by atoms with Gasteiger partial charge < -0.3 is 10.6 Å². The maximum absolute atomic E-state index is 12.1. The number of nitrogens with one attached hydrogen (secondary N) is 3. The lowest BCUT2D eigenvalue weighted by Gasteiger charge is -2.14. The Hall–Kier alpha value is -1.52. The van der Waals surface area contributed by atoms with E-state index < -0.39 is 0 Å². The molecule has 0 saturated heterocycles. The summed E-state index contributed by atoms with van der Waals surface area (Å²) in [6.45, 7) is 12.1. The summed E-state index contributed by atoms with van der Waals surface area (Å²) in [5.41, 5.74) is 2.23. The van der Waals surface area contributed by atoms with E-state index in [1.807, 2.05) is 27.7 Å². The van der Waals surface area contributed by atoms with Gasteiger partial charge in [-0.2, -0.15) is 5.10 Å². The molecule has 1 amide bonds.